The summed E-state index contributed by atoms with van der Waals surface area (Å²) in [5.74, 6) is -0.107. The maximum Gasteiger partial charge on any atom is 0.338 e. The highest BCUT2D eigenvalue weighted by Gasteiger charge is 2.39. The molecule has 3 rings (SSSR count). The van der Waals surface area contributed by atoms with Gasteiger partial charge in [0.15, 0.2) is 5.17 Å². The Morgan fingerprint density at radius 3 is 2.82 bits per heavy atom. The molecule has 2 aliphatic rings. The lowest BCUT2D eigenvalue weighted by molar-refractivity contribution is -0.139. The van der Waals surface area contributed by atoms with Crippen LogP contribution in [-0.4, -0.2) is 34.3 Å². The number of allylic oxidation sites excluding steroid dienone is 1. The van der Waals surface area contributed by atoms with Crippen LogP contribution >= 0.6 is 11.8 Å². The minimum atomic E-state index is -0.426. The summed E-state index contributed by atoms with van der Waals surface area (Å²) >= 11 is 1.40. The molecule has 0 radical (unpaired) electrons. The van der Waals surface area contributed by atoms with Gasteiger partial charge in [0.25, 0.3) is 0 Å². The number of hydrogen-bond donors (Lipinski definition) is 0. The third kappa shape index (κ3) is 2.43. The van der Waals surface area contributed by atoms with Gasteiger partial charge in [-0.05, 0) is 19.4 Å². The maximum absolute atomic E-state index is 12.4. The Morgan fingerprint density at radius 2 is 2.14 bits per heavy atom. The number of thioether (sulfide) groups is 1. The van der Waals surface area contributed by atoms with Gasteiger partial charge >= 0.3 is 5.97 Å². The van der Waals surface area contributed by atoms with Crippen molar-refractivity contribution in [3.8, 4) is 0 Å². The number of nitrogens with zero attached hydrogens (tertiary/aromatic N) is 2. The predicted octanol–water partition coefficient (Wildman–Crippen LogP) is 2.51. The van der Waals surface area contributed by atoms with Crippen molar-refractivity contribution in [1.82, 2.24) is 4.90 Å². The number of carbonyl (C=O) groups is 2. The number of fused-ring (bicyclic) bond motifs is 1. The van der Waals surface area contributed by atoms with Gasteiger partial charge in [0.05, 0.1) is 17.9 Å². The van der Waals surface area contributed by atoms with E-state index in [9.17, 15) is 9.59 Å². The van der Waals surface area contributed by atoms with Crippen molar-refractivity contribution < 1.29 is 14.3 Å². The average Bonchev–Trinajstić information content (AvgIpc) is 2.89. The zero-order chi connectivity index (χ0) is 15.7. The molecule has 5 nitrogen and oxygen atoms in total. The molecule has 2 heterocycles. The fourth-order valence-corrected chi connectivity index (χ4v) is 3.56. The van der Waals surface area contributed by atoms with E-state index in [0.29, 0.717) is 22.2 Å². The van der Waals surface area contributed by atoms with Crippen LogP contribution < -0.4 is 0 Å². The molecule has 1 amide bonds. The topological polar surface area (TPSA) is 59.0 Å². The molecule has 1 aromatic rings. The number of esters is 1. The van der Waals surface area contributed by atoms with Crippen molar-refractivity contribution >= 4 is 28.8 Å². The molecule has 0 bridgehead atoms. The molecule has 0 aliphatic carbocycles. The Labute approximate surface area is 133 Å². The van der Waals surface area contributed by atoms with Gasteiger partial charge < -0.3 is 4.74 Å². The van der Waals surface area contributed by atoms with E-state index in [0.717, 1.165) is 5.56 Å². The van der Waals surface area contributed by atoms with Gasteiger partial charge in [-0.3, -0.25) is 9.69 Å². The monoisotopic (exact) mass is 316 g/mol. The third-order valence-electron chi connectivity index (χ3n) is 3.61. The van der Waals surface area contributed by atoms with Crippen LogP contribution in [0.3, 0.4) is 0 Å². The molecular weight excluding hydrogens is 300 g/mol. The average molecular weight is 316 g/mol. The highest BCUT2D eigenvalue weighted by Crippen LogP contribution is 2.39. The van der Waals surface area contributed by atoms with Crippen LogP contribution in [0.25, 0.3) is 0 Å². The largest absolute Gasteiger partial charge is 0.463 e. The first-order valence-corrected chi connectivity index (χ1v) is 8.08. The molecule has 2 aliphatic heterocycles. The summed E-state index contributed by atoms with van der Waals surface area (Å²) in [5, 5.41) is 0.657. The van der Waals surface area contributed by atoms with E-state index < -0.39 is 12.0 Å². The Balaban J connectivity index is 2.10. The highest BCUT2D eigenvalue weighted by atomic mass is 32.2. The second-order valence-electron chi connectivity index (χ2n) is 4.96. The summed E-state index contributed by atoms with van der Waals surface area (Å²) < 4.78 is 5.18. The van der Waals surface area contributed by atoms with Crippen molar-refractivity contribution in [2.24, 2.45) is 4.99 Å². The number of carbonyl (C=O) groups excluding carboxylic acids is 2. The number of hydrogen-bond acceptors (Lipinski definition) is 5. The van der Waals surface area contributed by atoms with Gasteiger partial charge in [-0.25, -0.2) is 9.79 Å². The SMILES string of the molecule is CCOC(=O)C1=C(C)N2C(=O)CSC2=NC1c1ccccc1. The van der Waals surface area contributed by atoms with E-state index in [2.05, 4.69) is 4.99 Å². The van der Waals surface area contributed by atoms with E-state index in [1.807, 2.05) is 30.3 Å². The smallest absolute Gasteiger partial charge is 0.338 e. The summed E-state index contributed by atoms with van der Waals surface area (Å²) in [7, 11) is 0. The lowest BCUT2D eigenvalue weighted by atomic mass is 9.96. The molecule has 22 heavy (non-hydrogen) atoms. The molecule has 6 heteroatoms. The van der Waals surface area contributed by atoms with Gasteiger partial charge in [0.1, 0.15) is 6.04 Å². The standard InChI is InChI=1S/C16H16N2O3S/c1-3-21-15(20)13-10(2)18-12(19)9-22-16(18)17-14(13)11-7-5-4-6-8-11/h4-8,14H,3,9H2,1-2H3. The summed E-state index contributed by atoms with van der Waals surface area (Å²) in [6.07, 6.45) is 0. The van der Waals surface area contributed by atoms with Gasteiger partial charge in [-0.2, -0.15) is 0 Å². The predicted molar refractivity (Wildman–Crippen MR) is 85.3 cm³/mol. The van der Waals surface area contributed by atoms with E-state index in [1.165, 1.54) is 16.7 Å². The quantitative estimate of drug-likeness (QED) is 0.804. The van der Waals surface area contributed by atoms with Crippen molar-refractivity contribution in [2.75, 3.05) is 12.4 Å². The fourth-order valence-electron chi connectivity index (χ4n) is 2.63. The Hall–Kier alpha value is -2.08. The molecule has 114 valence electrons. The molecule has 0 spiro atoms. The van der Waals surface area contributed by atoms with Crippen molar-refractivity contribution in [3.63, 3.8) is 0 Å². The molecule has 1 saturated heterocycles. The number of benzene rings is 1. The van der Waals surface area contributed by atoms with Crippen LogP contribution in [0, 0.1) is 0 Å². The summed E-state index contributed by atoms with van der Waals surface area (Å²) in [5.41, 5.74) is 1.97. The minimum Gasteiger partial charge on any atom is -0.463 e. The zero-order valence-corrected chi connectivity index (χ0v) is 13.2. The lowest BCUT2D eigenvalue weighted by Crippen LogP contribution is -2.35. The van der Waals surface area contributed by atoms with E-state index in [1.54, 1.807) is 13.8 Å². The van der Waals surface area contributed by atoms with Crippen LogP contribution in [0.4, 0.5) is 0 Å². The molecular formula is C16H16N2O3S. The number of amidine groups is 1. The summed E-state index contributed by atoms with van der Waals surface area (Å²) in [6, 6.07) is 9.17. The minimum absolute atomic E-state index is 0.0467. The molecule has 1 fully saturated rings. The highest BCUT2D eigenvalue weighted by molar-refractivity contribution is 8.15. The van der Waals surface area contributed by atoms with E-state index >= 15 is 0 Å². The van der Waals surface area contributed by atoms with Gasteiger partial charge in [0, 0.05) is 5.70 Å². The first kappa shape index (κ1) is 14.8. The summed E-state index contributed by atoms with van der Waals surface area (Å²) in [4.78, 5) is 30.6. The van der Waals surface area contributed by atoms with Gasteiger partial charge in [-0.1, -0.05) is 42.1 Å². The normalized spacial score (nSPS) is 20.8. The molecule has 1 unspecified atom stereocenters. The Bertz CT molecular complexity index is 682. The molecule has 1 aromatic carbocycles. The maximum atomic E-state index is 12.4. The Kier molecular flexibility index (Phi) is 4.02. The van der Waals surface area contributed by atoms with Crippen LogP contribution in [-0.2, 0) is 14.3 Å². The number of rotatable bonds is 3. The van der Waals surface area contributed by atoms with Crippen LogP contribution in [0.1, 0.15) is 25.5 Å². The van der Waals surface area contributed by atoms with Gasteiger partial charge in [-0.15, -0.1) is 0 Å². The second-order valence-corrected chi connectivity index (χ2v) is 5.90. The number of amides is 1. The molecule has 0 saturated carbocycles. The molecule has 0 N–H and O–H groups in total. The molecule has 1 atom stereocenters. The first-order valence-electron chi connectivity index (χ1n) is 7.10. The third-order valence-corrected chi connectivity index (χ3v) is 4.55. The van der Waals surface area contributed by atoms with Crippen LogP contribution in [0.5, 0.6) is 0 Å². The zero-order valence-electron chi connectivity index (χ0n) is 12.4. The number of ether oxygens (including phenoxy) is 1. The Morgan fingerprint density at radius 1 is 1.41 bits per heavy atom. The van der Waals surface area contributed by atoms with Crippen molar-refractivity contribution in [3.05, 3.63) is 47.2 Å². The van der Waals surface area contributed by atoms with E-state index in [-0.39, 0.29) is 12.5 Å². The first-order chi connectivity index (χ1) is 10.6. The lowest BCUT2D eigenvalue weighted by Gasteiger charge is -2.29. The molecule has 0 aromatic heterocycles. The van der Waals surface area contributed by atoms with E-state index in [4.69, 9.17) is 4.74 Å². The second kappa shape index (κ2) is 5.96. The van der Waals surface area contributed by atoms with Crippen LogP contribution in [0.15, 0.2) is 46.6 Å². The number of aliphatic imine (C=N–C) groups is 1. The van der Waals surface area contributed by atoms with Crippen molar-refractivity contribution in [2.45, 2.75) is 19.9 Å². The fraction of sp³-hybridized carbons (Fsp3) is 0.312. The summed E-state index contributed by atoms with van der Waals surface area (Å²) in [6.45, 7) is 3.83. The van der Waals surface area contributed by atoms with Crippen molar-refractivity contribution in [1.29, 1.82) is 0 Å². The van der Waals surface area contributed by atoms with Gasteiger partial charge in [0.2, 0.25) is 5.91 Å². The van der Waals surface area contributed by atoms with Crippen LogP contribution in [0.2, 0.25) is 0 Å².